The molecule has 10 heteroatoms. The highest BCUT2D eigenvalue weighted by Crippen LogP contribution is 2.48. The predicted molar refractivity (Wildman–Crippen MR) is 166 cm³/mol. The van der Waals surface area contributed by atoms with Crippen molar-refractivity contribution in [3.8, 4) is 10.6 Å². The molecule has 2 aliphatic rings. The molecule has 2 atom stereocenters. The van der Waals surface area contributed by atoms with Gasteiger partial charge in [-0.25, -0.2) is 18.2 Å². The normalized spacial score (nSPS) is 19.8. The fraction of sp³-hybridized carbons (Fsp3) is 0.645. The number of hydrogen-bond acceptors (Lipinski definition) is 6. The number of sulfonamides is 1. The van der Waals surface area contributed by atoms with E-state index in [1.54, 1.807) is 15.9 Å². The molecule has 1 amide bonds. The lowest BCUT2D eigenvalue weighted by Gasteiger charge is -2.17. The van der Waals surface area contributed by atoms with Crippen LogP contribution in [-0.2, 0) is 21.2 Å². The number of rotatable bonds is 14. The first-order chi connectivity index (χ1) is 19.5. The SMILES string of the molecule is CC[C@@H]1C[C@@H]1C(=O)NS(=O)(=O)C1(CCCCCCc2sc(-c3cccc4c3[nH]c(=O)n4C(C)C)nc2C(C)C)CC1. The Kier molecular flexibility index (Phi) is 8.54. The Morgan fingerprint density at radius 1 is 1.17 bits per heavy atom. The van der Waals surface area contributed by atoms with Crippen molar-refractivity contribution in [2.45, 2.75) is 116 Å². The van der Waals surface area contributed by atoms with Crippen LogP contribution in [0.2, 0.25) is 0 Å². The molecular weight excluding hydrogens is 556 g/mol. The second-order valence-electron chi connectivity index (χ2n) is 12.7. The number of H-pyrrole nitrogens is 1. The zero-order valence-corrected chi connectivity index (χ0v) is 26.6. The maximum Gasteiger partial charge on any atom is 0.326 e. The summed E-state index contributed by atoms with van der Waals surface area (Å²) in [5.41, 5.74) is 3.72. The van der Waals surface area contributed by atoms with Gasteiger partial charge in [-0.2, -0.15) is 0 Å². The van der Waals surface area contributed by atoms with Gasteiger partial charge in [-0.05, 0) is 76.3 Å². The molecule has 41 heavy (non-hydrogen) atoms. The van der Waals surface area contributed by atoms with Gasteiger partial charge in [0, 0.05) is 22.4 Å². The number of nitrogens with one attached hydrogen (secondary N) is 2. The van der Waals surface area contributed by atoms with Crippen molar-refractivity contribution in [1.82, 2.24) is 19.3 Å². The highest BCUT2D eigenvalue weighted by molar-refractivity contribution is 7.91. The van der Waals surface area contributed by atoms with Crippen molar-refractivity contribution in [2.75, 3.05) is 0 Å². The Bertz CT molecular complexity index is 1580. The molecular formula is C31H44N4O4S2. The minimum absolute atomic E-state index is 0.0644. The van der Waals surface area contributed by atoms with E-state index in [0.717, 1.165) is 72.2 Å². The third-order valence-electron chi connectivity index (χ3n) is 8.96. The van der Waals surface area contributed by atoms with Crippen LogP contribution in [-0.4, -0.2) is 33.6 Å². The number of fused-ring (bicyclic) bond motifs is 1. The van der Waals surface area contributed by atoms with E-state index in [9.17, 15) is 18.0 Å². The van der Waals surface area contributed by atoms with E-state index >= 15 is 0 Å². The smallest absolute Gasteiger partial charge is 0.305 e. The van der Waals surface area contributed by atoms with Gasteiger partial charge in [-0.3, -0.25) is 14.1 Å². The highest BCUT2D eigenvalue weighted by atomic mass is 32.2. The molecule has 8 nitrogen and oxygen atoms in total. The lowest BCUT2D eigenvalue weighted by Crippen LogP contribution is -2.40. The van der Waals surface area contributed by atoms with E-state index in [1.807, 2.05) is 39.0 Å². The molecule has 1 aromatic carbocycles. The third kappa shape index (κ3) is 6.05. The van der Waals surface area contributed by atoms with Crippen LogP contribution in [0.15, 0.2) is 23.0 Å². The highest BCUT2D eigenvalue weighted by Gasteiger charge is 2.55. The van der Waals surface area contributed by atoms with E-state index in [0.29, 0.717) is 31.1 Å². The predicted octanol–water partition coefficient (Wildman–Crippen LogP) is 6.68. The first-order valence-corrected chi connectivity index (χ1v) is 17.6. The van der Waals surface area contributed by atoms with E-state index in [-0.39, 0.29) is 23.6 Å². The Hall–Kier alpha value is -2.46. The van der Waals surface area contributed by atoms with Crippen LogP contribution in [0.1, 0.15) is 115 Å². The number of nitrogens with zero attached hydrogens (tertiary/aromatic N) is 2. The Labute approximate surface area is 247 Å². The number of benzene rings is 1. The molecule has 2 aromatic heterocycles. The molecule has 2 aliphatic carbocycles. The number of thiazole rings is 1. The lowest BCUT2D eigenvalue weighted by atomic mass is 10.0. The Morgan fingerprint density at radius 2 is 1.90 bits per heavy atom. The molecule has 2 fully saturated rings. The van der Waals surface area contributed by atoms with Crippen LogP contribution in [0, 0.1) is 11.8 Å². The van der Waals surface area contributed by atoms with Gasteiger partial charge in [0.2, 0.25) is 15.9 Å². The van der Waals surface area contributed by atoms with Gasteiger partial charge in [0.1, 0.15) is 5.01 Å². The Morgan fingerprint density at radius 3 is 2.54 bits per heavy atom. The van der Waals surface area contributed by atoms with Crippen molar-refractivity contribution < 1.29 is 13.2 Å². The lowest BCUT2D eigenvalue weighted by molar-refractivity contribution is -0.120. The maximum atomic E-state index is 13.0. The van der Waals surface area contributed by atoms with Crippen molar-refractivity contribution in [2.24, 2.45) is 11.8 Å². The average Bonchev–Trinajstić information content (AvgIpc) is 3.81. The van der Waals surface area contributed by atoms with E-state index in [1.165, 1.54) is 4.88 Å². The molecule has 2 saturated carbocycles. The second kappa shape index (κ2) is 11.7. The van der Waals surface area contributed by atoms with E-state index < -0.39 is 14.8 Å². The molecule has 0 unspecified atom stereocenters. The topological polar surface area (TPSA) is 114 Å². The number of aromatic nitrogens is 3. The number of para-hydroxylation sites is 1. The number of aryl methyl sites for hydroxylation is 1. The number of carbonyl (C=O) groups excluding carboxylic acids is 1. The zero-order chi connectivity index (χ0) is 29.5. The van der Waals surface area contributed by atoms with Gasteiger partial charge in [0.25, 0.3) is 0 Å². The largest absolute Gasteiger partial charge is 0.326 e. The molecule has 5 rings (SSSR count). The van der Waals surface area contributed by atoms with Crippen molar-refractivity contribution in [3.63, 3.8) is 0 Å². The second-order valence-corrected chi connectivity index (χ2v) is 15.8. The van der Waals surface area contributed by atoms with Gasteiger partial charge in [-0.15, -0.1) is 11.3 Å². The van der Waals surface area contributed by atoms with Crippen LogP contribution >= 0.6 is 11.3 Å². The minimum Gasteiger partial charge on any atom is -0.305 e. The number of unbranched alkanes of at least 4 members (excludes halogenated alkanes) is 3. The van der Waals surface area contributed by atoms with Crippen LogP contribution in [0.5, 0.6) is 0 Å². The number of imidazole rings is 1. The van der Waals surface area contributed by atoms with Gasteiger partial charge in [-0.1, -0.05) is 52.5 Å². The van der Waals surface area contributed by atoms with Crippen molar-refractivity contribution >= 4 is 38.3 Å². The van der Waals surface area contributed by atoms with Crippen molar-refractivity contribution in [1.29, 1.82) is 0 Å². The molecule has 224 valence electrons. The van der Waals surface area contributed by atoms with Gasteiger partial charge in [0.05, 0.1) is 21.5 Å². The summed E-state index contributed by atoms with van der Waals surface area (Å²) >= 11 is 1.71. The molecule has 3 aromatic rings. The zero-order valence-electron chi connectivity index (χ0n) is 25.0. The molecule has 0 radical (unpaired) electrons. The van der Waals surface area contributed by atoms with Crippen LogP contribution < -0.4 is 10.4 Å². The fourth-order valence-corrected chi connectivity index (χ4v) is 9.14. The van der Waals surface area contributed by atoms with Gasteiger partial charge < -0.3 is 4.98 Å². The van der Waals surface area contributed by atoms with Gasteiger partial charge >= 0.3 is 5.69 Å². The summed E-state index contributed by atoms with van der Waals surface area (Å²) in [5, 5.41) is 0.936. The summed E-state index contributed by atoms with van der Waals surface area (Å²) in [6, 6.07) is 6.07. The Balaban J connectivity index is 1.17. The third-order valence-corrected chi connectivity index (χ3v) is 12.3. The summed E-state index contributed by atoms with van der Waals surface area (Å²) in [4.78, 5) is 34.4. The quantitative estimate of drug-likeness (QED) is 0.201. The van der Waals surface area contributed by atoms with Crippen molar-refractivity contribution in [3.05, 3.63) is 39.3 Å². The monoisotopic (exact) mass is 600 g/mol. The number of carbonyl (C=O) groups is 1. The molecule has 2 heterocycles. The van der Waals surface area contributed by atoms with Crippen LogP contribution in [0.4, 0.5) is 0 Å². The number of amides is 1. The van der Waals surface area contributed by atoms with Crippen LogP contribution in [0.25, 0.3) is 21.6 Å². The maximum absolute atomic E-state index is 13.0. The van der Waals surface area contributed by atoms with E-state index in [4.69, 9.17) is 4.98 Å². The molecule has 0 bridgehead atoms. The van der Waals surface area contributed by atoms with Crippen LogP contribution in [0.3, 0.4) is 0 Å². The first-order valence-electron chi connectivity index (χ1n) is 15.3. The molecule has 0 saturated heterocycles. The summed E-state index contributed by atoms with van der Waals surface area (Å²) in [5.74, 6) is 0.223. The molecule has 0 spiro atoms. The van der Waals surface area contributed by atoms with Gasteiger partial charge in [0.15, 0.2) is 0 Å². The summed E-state index contributed by atoms with van der Waals surface area (Å²) in [7, 11) is -3.61. The fourth-order valence-electron chi connectivity index (χ4n) is 6.16. The minimum atomic E-state index is -3.61. The number of hydrogen-bond donors (Lipinski definition) is 2. The molecule has 2 N–H and O–H groups in total. The summed E-state index contributed by atoms with van der Waals surface area (Å²) < 4.78 is 29.4. The summed E-state index contributed by atoms with van der Waals surface area (Å²) in [6.07, 6.45) is 8.45. The standard InChI is InChI=1S/C31H44N4O4S2/c1-6-21-18-23(21)28(36)34-41(38,39)31(16-17-31)15-10-8-7-9-14-25-26(19(2)3)32-29(40-25)22-12-11-13-24-27(22)33-30(37)35(24)20(4)5/h11-13,19-21,23H,6-10,14-18H2,1-5H3,(H,33,37)(H,34,36)/t21-,23+/m1/s1. The summed E-state index contributed by atoms with van der Waals surface area (Å²) in [6.45, 7) is 10.4. The first kappa shape index (κ1) is 30.0. The number of aromatic amines is 1. The van der Waals surface area contributed by atoms with E-state index in [2.05, 4.69) is 23.6 Å². The molecule has 0 aliphatic heterocycles. The average molecular weight is 601 g/mol.